The third kappa shape index (κ3) is 3.72. The number of carboxylic acids is 1. The number of carbonyl (C=O) groups excluding carboxylic acids is 1. The molecule has 0 unspecified atom stereocenters. The molecule has 0 aliphatic carbocycles. The number of aliphatic carboxylic acids is 1. The molecule has 2 aromatic rings. The van der Waals surface area contributed by atoms with Gasteiger partial charge in [-0.1, -0.05) is 12.1 Å². The summed E-state index contributed by atoms with van der Waals surface area (Å²) in [5.74, 6) is -1.68. The third-order valence-corrected chi connectivity index (χ3v) is 5.03. The van der Waals surface area contributed by atoms with Gasteiger partial charge in [0.25, 0.3) is 11.5 Å². The van der Waals surface area contributed by atoms with Crippen molar-refractivity contribution in [3.63, 3.8) is 0 Å². The molecule has 0 saturated carbocycles. The van der Waals surface area contributed by atoms with E-state index in [0.29, 0.717) is 12.3 Å². The van der Waals surface area contributed by atoms with E-state index in [2.05, 4.69) is 0 Å². The molecular weight excluding hydrogens is 348 g/mol. The fourth-order valence-corrected chi connectivity index (χ4v) is 3.51. The van der Waals surface area contributed by atoms with Crippen LogP contribution in [0.3, 0.4) is 0 Å². The van der Waals surface area contributed by atoms with E-state index in [1.165, 1.54) is 15.5 Å². The zero-order chi connectivity index (χ0) is 19.6. The molecule has 1 aromatic carbocycles. The second-order valence-corrected chi connectivity index (χ2v) is 6.58. The number of carboxylic acid groups (broad SMARTS) is 1. The molecule has 0 radical (unpaired) electrons. The predicted octanol–water partition coefficient (Wildman–Crippen LogP) is 1.82. The van der Waals surface area contributed by atoms with Gasteiger partial charge in [-0.3, -0.25) is 14.4 Å². The van der Waals surface area contributed by atoms with Crippen LogP contribution in [0.1, 0.15) is 28.8 Å². The zero-order valence-electron chi connectivity index (χ0n) is 15.3. The summed E-state index contributed by atoms with van der Waals surface area (Å²) in [4.78, 5) is 38.1. The summed E-state index contributed by atoms with van der Waals surface area (Å²) >= 11 is 0. The Balaban J connectivity index is 1.87. The number of hydrogen-bond donors (Lipinski definition) is 1. The van der Waals surface area contributed by atoms with E-state index in [0.717, 1.165) is 5.56 Å². The average Bonchev–Trinajstić information content (AvgIpc) is 3.13. The number of aryl methyl sites for hydroxylation is 1. The lowest BCUT2D eigenvalue weighted by atomic mass is 9.89. The maximum Gasteiger partial charge on any atom is 0.308 e. The van der Waals surface area contributed by atoms with Gasteiger partial charge in [-0.05, 0) is 30.7 Å². The van der Waals surface area contributed by atoms with Crippen LogP contribution >= 0.6 is 0 Å². The first-order chi connectivity index (χ1) is 12.9. The number of amides is 1. The standard InChI is InChI=1S/C20H22N2O5/c1-3-21-8-7-14(10-18(21)23)19(24)22-11-16(17(12-22)20(25)26)13-5-4-6-15(9-13)27-2/h4-10,16-17H,3,11-12H2,1-2H3,(H,25,26)/t16-,17+/m0/s1. The predicted molar refractivity (Wildman–Crippen MR) is 99.1 cm³/mol. The topological polar surface area (TPSA) is 88.8 Å². The fourth-order valence-electron chi connectivity index (χ4n) is 3.51. The summed E-state index contributed by atoms with van der Waals surface area (Å²) < 4.78 is 6.72. The van der Waals surface area contributed by atoms with E-state index in [1.807, 2.05) is 19.1 Å². The molecule has 2 heterocycles. The van der Waals surface area contributed by atoms with E-state index in [9.17, 15) is 19.5 Å². The van der Waals surface area contributed by atoms with Gasteiger partial charge in [0.15, 0.2) is 0 Å². The molecule has 1 fully saturated rings. The van der Waals surface area contributed by atoms with E-state index in [4.69, 9.17) is 4.74 Å². The number of hydrogen-bond acceptors (Lipinski definition) is 4. The van der Waals surface area contributed by atoms with Crippen LogP contribution in [0.2, 0.25) is 0 Å². The van der Waals surface area contributed by atoms with Crippen LogP contribution in [0.4, 0.5) is 0 Å². The van der Waals surface area contributed by atoms with Gasteiger partial charge in [0.2, 0.25) is 0 Å². The molecule has 1 N–H and O–H groups in total. The summed E-state index contributed by atoms with van der Waals surface area (Å²) in [6, 6.07) is 10.2. The van der Waals surface area contributed by atoms with Crippen LogP contribution in [0.15, 0.2) is 47.4 Å². The van der Waals surface area contributed by atoms with Gasteiger partial charge < -0.3 is 19.3 Å². The number of ether oxygens (including phenoxy) is 1. The van der Waals surface area contributed by atoms with Crippen LogP contribution in [0, 0.1) is 5.92 Å². The van der Waals surface area contributed by atoms with Gasteiger partial charge in [0.1, 0.15) is 5.75 Å². The monoisotopic (exact) mass is 370 g/mol. The Kier molecular flexibility index (Phi) is 5.30. The number of nitrogens with zero attached hydrogens (tertiary/aromatic N) is 2. The van der Waals surface area contributed by atoms with Crippen molar-refractivity contribution in [1.29, 1.82) is 0 Å². The quantitative estimate of drug-likeness (QED) is 0.867. The highest BCUT2D eigenvalue weighted by atomic mass is 16.5. The largest absolute Gasteiger partial charge is 0.497 e. The van der Waals surface area contributed by atoms with Crippen LogP contribution in [-0.2, 0) is 11.3 Å². The van der Waals surface area contributed by atoms with Gasteiger partial charge >= 0.3 is 5.97 Å². The zero-order valence-corrected chi connectivity index (χ0v) is 15.3. The van der Waals surface area contributed by atoms with Gasteiger partial charge in [-0.15, -0.1) is 0 Å². The van der Waals surface area contributed by atoms with E-state index >= 15 is 0 Å². The van der Waals surface area contributed by atoms with E-state index in [-0.39, 0.29) is 36.0 Å². The van der Waals surface area contributed by atoms with Crippen LogP contribution in [-0.4, -0.2) is 46.6 Å². The van der Waals surface area contributed by atoms with Crippen LogP contribution in [0.25, 0.3) is 0 Å². The number of carbonyl (C=O) groups is 2. The smallest absolute Gasteiger partial charge is 0.308 e. The van der Waals surface area contributed by atoms with Gasteiger partial charge in [-0.25, -0.2) is 0 Å². The van der Waals surface area contributed by atoms with Crippen LogP contribution in [0.5, 0.6) is 5.75 Å². The molecule has 7 heteroatoms. The molecule has 3 rings (SSSR count). The molecule has 1 aliphatic rings. The number of methoxy groups -OCH3 is 1. The molecule has 0 spiro atoms. The molecule has 0 bridgehead atoms. The Bertz CT molecular complexity index is 921. The second kappa shape index (κ2) is 7.65. The fraction of sp³-hybridized carbons (Fsp3) is 0.350. The number of likely N-dealkylation sites (tertiary alicyclic amines) is 1. The van der Waals surface area contributed by atoms with Crippen LogP contribution < -0.4 is 10.3 Å². The van der Waals surface area contributed by atoms with Crippen molar-refractivity contribution < 1.29 is 19.4 Å². The number of rotatable bonds is 5. The highest BCUT2D eigenvalue weighted by Crippen LogP contribution is 2.35. The molecule has 1 aliphatic heterocycles. The highest BCUT2D eigenvalue weighted by Gasteiger charge is 2.40. The van der Waals surface area contributed by atoms with E-state index < -0.39 is 11.9 Å². The van der Waals surface area contributed by atoms with Crippen molar-refractivity contribution in [2.24, 2.45) is 5.92 Å². The first-order valence-electron chi connectivity index (χ1n) is 8.81. The lowest BCUT2D eigenvalue weighted by Crippen LogP contribution is -2.31. The SMILES string of the molecule is CCn1ccc(C(=O)N2C[C@@H](C(=O)O)[C@H](c3cccc(OC)c3)C2)cc1=O. The molecule has 27 heavy (non-hydrogen) atoms. The number of pyridine rings is 1. The Hall–Kier alpha value is -3.09. The lowest BCUT2D eigenvalue weighted by molar-refractivity contribution is -0.141. The second-order valence-electron chi connectivity index (χ2n) is 6.58. The average molecular weight is 370 g/mol. The Morgan fingerprint density at radius 1 is 1.22 bits per heavy atom. The minimum Gasteiger partial charge on any atom is -0.497 e. The molecule has 1 amide bonds. The number of aromatic nitrogens is 1. The molecule has 1 saturated heterocycles. The summed E-state index contributed by atoms with van der Waals surface area (Å²) in [5, 5.41) is 9.63. The first kappa shape index (κ1) is 18.7. The normalized spacial score (nSPS) is 19.1. The van der Waals surface area contributed by atoms with Crippen molar-refractivity contribution in [3.8, 4) is 5.75 Å². The third-order valence-electron chi connectivity index (χ3n) is 5.03. The number of benzene rings is 1. The minimum absolute atomic E-state index is 0.104. The maximum absolute atomic E-state index is 12.8. The van der Waals surface area contributed by atoms with Gasteiger partial charge in [0.05, 0.1) is 13.0 Å². The lowest BCUT2D eigenvalue weighted by Gasteiger charge is -2.17. The summed E-state index contributed by atoms with van der Waals surface area (Å²) in [6.45, 7) is 2.75. The molecular formula is C20H22N2O5. The highest BCUT2D eigenvalue weighted by molar-refractivity contribution is 5.94. The molecule has 142 valence electrons. The van der Waals surface area contributed by atoms with Crippen molar-refractivity contribution in [2.75, 3.05) is 20.2 Å². The van der Waals surface area contributed by atoms with Gasteiger partial charge in [0, 0.05) is 43.4 Å². The molecule has 2 atom stereocenters. The Morgan fingerprint density at radius 2 is 2.00 bits per heavy atom. The van der Waals surface area contributed by atoms with Crippen molar-refractivity contribution >= 4 is 11.9 Å². The molecule has 7 nitrogen and oxygen atoms in total. The van der Waals surface area contributed by atoms with Gasteiger partial charge in [-0.2, -0.15) is 0 Å². The maximum atomic E-state index is 12.8. The van der Waals surface area contributed by atoms with Crippen molar-refractivity contribution in [2.45, 2.75) is 19.4 Å². The Morgan fingerprint density at radius 3 is 2.63 bits per heavy atom. The Labute approximate surface area is 156 Å². The summed E-state index contributed by atoms with van der Waals surface area (Å²) in [5.41, 5.74) is 0.847. The van der Waals surface area contributed by atoms with Crippen molar-refractivity contribution in [1.82, 2.24) is 9.47 Å². The summed E-state index contributed by atoms with van der Waals surface area (Å²) in [6.07, 6.45) is 1.58. The van der Waals surface area contributed by atoms with E-state index in [1.54, 1.807) is 31.5 Å². The first-order valence-corrected chi connectivity index (χ1v) is 8.81. The molecule has 1 aromatic heterocycles. The minimum atomic E-state index is -0.945. The van der Waals surface area contributed by atoms with Crippen molar-refractivity contribution in [3.05, 3.63) is 64.1 Å². The summed E-state index contributed by atoms with van der Waals surface area (Å²) in [7, 11) is 1.55.